The van der Waals surface area contributed by atoms with E-state index >= 15 is 0 Å². The van der Waals surface area contributed by atoms with Gasteiger partial charge in [-0.25, -0.2) is 4.99 Å². The Hall–Kier alpha value is -1.12. The van der Waals surface area contributed by atoms with Crippen LogP contribution in [0.2, 0.25) is 0 Å². The Labute approximate surface area is 46.8 Å². The van der Waals surface area contributed by atoms with Gasteiger partial charge in [-0.2, -0.15) is 5.10 Å². The van der Waals surface area contributed by atoms with Crippen molar-refractivity contribution in [1.82, 2.24) is 5.43 Å². The molecule has 1 aliphatic carbocycles. The molecule has 1 N–H and O–H groups in total. The van der Waals surface area contributed by atoms with E-state index in [1.54, 1.807) is 0 Å². The third kappa shape index (κ3) is 0.332. The summed E-state index contributed by atoms with van der Waals surface area (Å²) in [5, 5.41) is 3.75. The molecule has 0 saturated carbocycles. The summed E-state index contributed by atoms with van der Waals surface area (Å²) < 4.78 is 0. The molecule has 3 nitrogen and oxygen atoms in total. The molecular formula is C5H5N3. The van der Waals surface area contributed by atoms with Crippen LogP contribution in [-0.4, -0.2) is 18.1 Å². The summed E-state index contributed by atoms with van der Waals surface area (Å²) in [5.41, 5.74) is 3.95. The van der Waals surface area contributed by atoms with E-state index in [0.717, 1.165) is 5.71 Å². The molecule has 0 aromatic heterocycles. The van der Waals surface area contributed by atoms with Crippen LogP contribution in [-0.2, 0) is 0 Å². The van der Waals surface area contributed by atoms with Gasteiger partial charge >= 0.3 is 0 Å². The third-order valence-corrected chi connectivity index (χ3v) is 1.26. The minimum absolute atomic E-state index is 0.306. The van der Waals surface area contributed by atoms with E-state index in [-0.39, 0.29) is 0 Å². The zero-order valence-corrected chi connectivity index (χ0v) is 4.20. The molecule has 0 bridgehead atoms. The van der Waals surface area contributed by atoms with E-state index in [1.165, 1.54) is 6.34 Å². The van der Waals surface area contributed by atoms with Crippen molar-refractivity contribution >= 4 is 12.1 Å². The van der Waals surface area contributed by atoms with E-state index in [1.807, 2.05) is 12.2 Å². The molecule has 0 spiro atoms. The summed E-state index contributed by atoms with van der Waals surface area (Å²) in [6.07, 6.45) is 5.52. The highest BCUT2D eigenvalue weighted by Crippen LogP contribution is 2.06. The molecule has 0 aromatic carbocycles. The minimum atomic E-state index is 0.306. The molecular weight excluding hydrogens is 102 g/mol. The van der Waals surface area contributed by atoms with Crippen molar-refractivity contribution in [3.8, 4) is 0 Å². The Kier molecular flexibility index (Phi) is 0.566. The summed E-state index contributed by atoms with van der Waals surface area (Å²) in [6.45, 7) is 0. The standard InChI is InChI=1S/C5H5N3/c1-2-5-4(1)6-3-7-8-5/h1-3,5,8H. The Morgan fingerprint density at radius 3 is 3.00 bits per heavy atom. The number of nitrogens with one attached hydrogen (secondary N) is 1. The molecule has 2 rings (SSSR count). The number of hydrazone groups is 1. The monoisotopic (exact) mass is 107 g/mol. The van der Waals surface area contributed by atoms with E-state index in [2.05, 4.69) is 15.5 Å². The quantitative estimate of drug-likeness (QED) is 0.461. The average molecular weight is 107 g/mol. The van der Waals surface area contributed by atoms with Crippen molar-refractivity contribution in [2.45, 2.75) is 6.04 Å². The van der Waals surface area contributed by atoms with Crippen molar-refractivity contribution < 1.29 is 0 Å². The number of rotatable bonds is 0. The van der Waals surface area contributed by atoms with Gasteiger partial charge in [0.1, 0.15) is 12.4 Å². The van der Waals surface area contributed by atoms with Gasteiger partial charge < -0.3 is 0 Å². The number of hydrogen-bond donors (Lipinski definition) is 1. The van der Waals surface area contributed by atoms with Crippen LogP contribution in [0.25, 0.3) is 0 Å². The summed E-state index contributed by atoms with van der Waals surface area (Å²) in [6, 6.07) is 0.306. The maximum absolute atomic E-state index is 3.97. The first kappa shape index (κ1) is 3.83. The second-order valence-electron chi connectivity index (χ2n) is 1.76. The van der Waals surface area contributed by atoms with Crippen LogP contribution in [0.1, 0.15) is 0 Å². The number of aliphatic imine (C=N–C) groups is 1. The molecule has 0 saturated heterocycles. The average Bonchev–Trinajstić information content (AvgIpc) is 1.72. The summed E-state index contributed by atoms with van der Waals surface area (Å²) >= 11 is 0. The van der Waals surface area contributed by atoms with Crippen molar-refractivity contribution in [2.24, 2.45) is 10.1 Å². The molecule has 3 heteroatoms. The second kappa shape index (κ2) is 1.18. The van der Waals surface area contributed by atoms with Gasteiger partial charge in [-0.3, -0.25) is 5.43 Å². The predicted octanol–water partition coefficient (Wildman–Crippen LogP) is -0.0877. The number of fused-ring (bicyclic) bond motifs is 1. The van der Waals surface area contributed by atoms with Crippen molar-refractivity contribution in [3.63, 3.8) is 0 Å². The maximum atomic E-state index is 3.97. The Morgan fingerprint density at radius 1 is 1.62 bits per heavy atom. The van der Waals surface area contributed by atoms with Crippen LogP contribution in [0.3, 0.4) is 0 Å². The lowest BCUT2D eigenvalue weighted by Crippen LogP contribution is -2.38. The van der Waals surface area contributed by atoms with Gasteiger partial charge in [0.2, 0.25) is 0 Å². The van der Waals surface area contributed by atoms with Gasteiger partial charge in [-0.1, -0.05) is 6.08 Å². The van der Waals surface area contributed by atoms with Crippen molar-refractivity contribution in [2.75, 3.05) is 0 Å². The fourth-order valence-corrected chi connectivity index (χ4v) is 0.720. The molecule has 2 aliphatic rings. The zero-order valence-electron chi connectivity index (χ0n) is 4.20. The van der Waals surface area contributed by atoms with Crippen LogP contribution in [0, 0.1) is 0 Å². The van der Waals surface area contributed by atoms with Crippen LogP contribution < -0.4 is 5.43 Å². The fourth-order valence-electron chi connectivity index (χ4n) is 0.720. The van der Waals surface area contributed by atoms with Crippen LogP contribution in [0.15, 0.2) is 22.2 Å². The Balaban J connectivity index is 2.36. The fraction of sp³-hybridized carbons (Fsp3) is 0.200. The SMILES string of the molecule is C1=CC2NN=CN=C12. The molecule has 0 radical (unpaired) electrons. The molecule has 0 amide bonds. The van der Waals surface area contributed by atoms with Crippen LogP contribution in [0.5, 0.6) is 0 Å². The highest BCUT2D eigenvalue weighted by molar-refractivity contribution is 6.10. The van der Waals surface area contributed by atoms with Gasteiger partial charge in [0.25, 0.3) is 0 Å². The molecule has 1 aliphatic heterocycles. The normalized spacial score (nSPS) is 30.0. The lowest BCUT2D eigenvalue weighted by atomic mass is 10.0. The van der Waals surface area contributed by atoms with Gasteiger partial charge in [0.15, 0.2) is 0 Å². The van der Waals surface area contributed by atoms with Gasteiger partial charge in [0, 0.05) is 0 Å². The van der Waals surface area contributed by atoms with E-state index in [0.29, 0.717) is 6.04 Å². The predicted molar refractivity (Wildman–Crippen MR) is 32.0 cm³/mol. The van der Waals surface area contributed by atoms with Crippen molar-refractivity contribution in [1.29, 1.82) is 0 Å². The zero-order chi connectivity index (χ0) is 5.40. The van der Waals surface area contributed by atoms with Gasteiger partial charge in [0.05, 0.1) is 5.71 Å². The first-order valence-electron chi connectivity index (χ1n) is 2.50. The molecule has 40 valence electrons. The van der Waals surface area contributed by atoms with Crippen LogP contribution in [0.4, 0.5) is 0 Å². The largest absolute Gasteiger partial charge is 0.296 e. The minimum Gasteiger partial charge on any atom is -0.296 e. The molecule has 8 heavy (non-hydrogen) atoms. The lowest BCUT2D eigenvalue weighted by molar-refractivity contribution is 0.728. The van der Waals surface area contributed by atoms with Crippen molar-refractivity contribution in [3.05, 3.63) is 12.2 Å². The molecule has 1 unspecified atom stereocenters. The first-order valence-corrected chi connectivity index (χ1v) is 2.50. The van der Waals surface area contributed by atoms with E-state index in [9.17, 15) is 0 Å². The van der Waals surface area contributed by atoms with Crippen LogP contribution >= 0.6 is 0 Å². The third-order valence-electron chi connectivity index (χ3n) is 1.26. The topological polar surface area (TPSA) is 36.8 Å². The second-order valence-corrected chi connectivity index (χ2v) is 1.76. The van der Waals surface area contributed by atoms with Gasteiger partial charge in [-0.15, -0.1) is 0 Å². The maximum Gasteiger partial charge on any atom is 0.135 e. The number of hydrogen-bond acceptors (Lipinski definition) is 3. The summed E-state index contributed by atoms with van der Waals surface area (Å²) in [7, 11) is 0. The first-order chi connectivity index (χ1) is 3.97. The summed E-state index contributed by atoms with van der Waals surface area (Å²) in [4.78, 5) is 3.97. The summed E-state index contributed by atoms with van der Waals surface area (Å²) in [5.74, 6) is 0. The molecule has 0 fully saturated rings. The van der Waals surface area contributed by atoms with E-state index in [4.69, 9.17) is 0 Å². The smallest absolute Gasteiger partial charge is 0.135 e. The molecule has 1 heterocycles. The highest BCUT2D eigenvalue weighted by Gasteiger charge is 2.18. The Morgan fingerprint density at radius 2 is 2.62 bits per heavy atom. The highest BCUT2D eigenvalue weighted by atomic mass is 15.3. The molecule has 1 atom stereocenters. The van der Waals surface area contributed by atoms with E-state index < -0.39 is 0 Å². The number of nitrogens with zero attached hydrogens (tertiary/aromatic N) is 2. The Bertz CT molecular complexity index is 188. The molecule has 0 aromatic rings. The van der Waals surface area contributed by atoms with Gasteiger partial charge in [-0.05, 0) is 6.08 Å². The lowest BCUT2D eigenvalue weighted by Gasteiger charge is -2.21.